The lowest BCUT2D eigenvalue weighted by molar-refractivity contribution is -0.133. The molecule has 132 valence electrons. The van der Waals surface area contributed by atoms with Crippen molar-refractivity contribution >= 4 is 11.8 Å². The average molecular weight is 330 g/mol. The van der Waals surface area contributed by atoms with Crippen LogP contribution in [0.4, 0.5) is 0 Å². The predicted octanol–water partition coefficient (Wildman–Crippen LogP) is 3.31. The Balaban J connectivity index is 1.94. The van der Waals surface area contributed by atoms with Gasteiger partial charge in [0.05, 0.1) is 0 Å². The van der Waals surface area contributed by atoms with E-state index >= 15 is 0 Å². The maximum Gasteiger partial charge on any atom is 0.253 e. The first-order valence-electron chi connectivity index (χ1n) is 8.86. The largest absolute Gasteiger partial charge is 0.339 e. The fourth-order valence-electron chi connectivity index (χ4n) is 2.93. The fourth-order valence-corrected chi connectivity index (χ4v) is 2.93. The topological polar surface area (TPSA) is 40.6 Å². The van der Waals surface area contributed by atoms with Gasteiger partial charge in [-0.2, -0.15) is 0 Å². The molecule has 0 spiro atoms. The second kappa shape index (κ2) is 7.37. The summed E-state index contributed by atoms with van der Waals surface area (Å²) < 4.78 is 0. The Bertz CT molecular complexity index is 577. The number of benzene rings is 1. The third-order valence-corrected chi connectivity index (χ3v) is 4.50. The molecule has 0 aliphatic carbocycles. The van der Waals surface area contributed by atoms with Crippen LogP contribution in [0.2, 0.25) is 0 Å². The summed E-state index contributed by atoms with van der Waals surface area (Å²) in [6.07, 6.45) is 0.586. The molecule has 0 saturated carbocycles. The highest BCUT2D eigenvalue weighted by Gasteiger charge is 2.25. The van der Waals surface area contributed by atoms with Crippen LogP contribution in [0.5, 0.6) is 0 Å². The molecule has 1 aliphatic rings. The van der Waals surface area contributed by atoms with Crippen LogP contribution in [0.1, 0.15) is 57.0 Å². The highest BCUT2D eigenvalue weighted by molar-refractivity contribution is 5.94. The number of hydrogen-bond donors (Lipinski definition) is 0. The van der Waals surface area contributed by atoms with Gasteiger partial charge in [-0.15, -0.1) is 0 Å². The zero-order valence-electron chi connectivity index (χ0n) is 15.6. The number of piperazine rings is 1. The maximum atomic E-state index is 12.6. The van der Waals surface area contributed by atoms with Crippen molar-refractivity contribution in [1.29, 1.82) is 0 Å². The van der Waals surface area contributed by atoms with E-state index in [-0.39, 0.29) is 17.2 Å². The number of carbonyl (C=O) groups is 2. The number of amides is 2. The normalized spacial score (nSPS) is 15.8. The van der Waals surface area contributed by atoms with Crippen molar-refractivity contribution in [3.63, 3.8) is 0 Å². The van der Waals surface area contributed by atoms with Gasteiger partial charge >= 0.3 is 0 Å². The summed E-state index contributed by atoms with van der Waals surface area (Å²) in [5.41, 5.74) is 2.04. The van der Waals surface area contributed by atoms with Gasteiger partial charge in [-0.3, -0.25) is 9.59 Å². The van der Waals surface area contributed by atoms with Gasteiger partial charge in [-0.1, -0.05) is 46.8 Å². The lowest BCUT2D eigenvalue weighted by Gasteiger charge is -2.35. The second-order valence-corrected chi connectivity index (χ2v) is 8.10. The Morgan fingerprint density at radius 2 is 1.46 bits per heavy atom. The van der Waals surface area contributed by atoms with E-state index in [1.54, 1.807) is 0 Å². The first-order valence-corrected chi connectivity index (χ1v) is 8.86. The molecule has 2 amide bonds. The monoisotopic (exact) mass is 330 g/mol. The molecule has 0 radical (unpaired) electrons. The molecule has 1 saturated heterocycles. The minimum atomic E-state index is 0.0615. The van der Waals surface area contributed by atoms with Gasteiger partial charge in [-0.25, -0.2) is 0 Å². The van der Waals surface area contributed by atoms with E-state index in [0.29, 0.717) is 38.5 Å². The van der Waals surface area contributed by atoms with E-state index in [1.165, 1.54) is 5.56 Å². The summed E-state index contributed by atoms with van der Waals surface area (Å²) in [6, 6.07) is 7.91. The van der Waals surface area contributed by atoms with Gasteiger partial charge in [0, 0.05) is 38.2 Å². The van der Waals surface area contributed by atoms with Crippen LogP contribution in [-0.4, -0.2) is 47.8 Å². The third kappa shape index (κ3) is 4.59. The Kier molecular flexibility index (Phi) is 5.68. The number of nitrogens with zero attached hydrogens (tertiary/aromatic N) is 2. The molecule has 0 atom stereocenters. The first-order chi connectivity index (χ1) is 11.2. The highest BCUT2D eigenvalue weighted by Crippen LogP contribution is 2.22. The van der Waals surface area contributed by atoms with Gasteiger partial charge < -0.3 is 9.80 Å². The van der Waals surface area contributed by atoms with Crippen molar-refractivity contribution in [2.75, 3.05) is 26.2 Å². The molecule has 2 rings (SSSR count). The van der Waals surface area contributed by atoms with Crippen LogP contribution in [0.15, 0.2) is 24.3 Å². The first kappa shape index (κ1) is 18.5. The van der Waals surface area contributed by atoms with E-state index in [1.807, 2.05) is 34.1 Å². The van der Waals surface area contributed by atoms with Crippen molar-refractivity contribution in [3.8, 4) is 0 Å². The van der Waals surface area contributed by atoms with E-state index in [0.717, 1.165) is 5.56 Å². The maximum absolute atomic E-state index is 12.6. The molecule has 0 N–H and O–H groups in total. The minimum Gasteiger partial charge on any atom is -0.339 e. The van der Waals surface area contributed by atoms with Crippen molar-refractivity contribution in [1.82, 2.24) is 9.80 Å². The van der Waals surface area contributed by atoms with Crippen molar-refractivity contribution in [3.05, 3.63) is 35.4 Å². The lowest BCUT2D eigenvalue weighted by atomic mass is 9.86. The molecule has 0 bridgehead atoms. The van der Waals surface area contributed by atoms with Gasteiger partial charge in [0.2, 0.25) is 5.91 Å². The van der Waals surface area contributed by atoms with E-state index < -0.39 is 0 Å². The van der Waals surface area contributed by atoms with Crippen LogP contribution in [-0.2, 0) is 10.2 Å². The Labute approximate surface area is 145 Å². The zero-order valence-corrected chi connectivity index (χ0v) is 15.6. The molecule has 4 nitrogen and oxygen atoms in total. The van der Waals surface area contributed by atoms with Crippen molar-refractivity contribution in [2.45, 2.75) is 46.5 Å². The van der Waals surface area contributed by atoms with Crippen molar-refractivity contribution in [2.24, 2.45) is 5.92 Å². The SMILES string of the molecule is CC(C)CC(=O)N1CCN(C(=O)c2ccc(C(C)(C)C)cc2)CC1. The van der Waals surface area contributed by atoms with Gasteiger partial charge in [0.15, 0.2) is 0 Å². The average Bonchev–Trinajstić information content (AvgIpc) is 2.53. The summed E-state index contributed by atoms with van der Waals surface area (Å²) in [5.74, 6) is 0.636. The Morgan fingerprint density at radius 3 is 1.92 bits per heavy atom. The second-order valence-electron chi connectivity index (χ2n) is 8.10. The summed E-state index contributed by atoms with van der Waals surface area (Å²) in [5, 5.41) is 0. The molecule has 1 aliphatic heterocycles. The molecule has 4 heteroatoms. The Morgan fingerprint density at radius 1 is 0.958 bits per heavy atom. The van der Waals surface area contributed by atoms with Gasteiger partial charge in [-0.05, 0) is 29.0 Å². The summed E-state index contributed by atoms with van der Waals surface area (Å²) in [6.45, 7) is 13.1. The molecule has 0 aromatic heterocycles. The van der Waals surface area contributed by atoms with Crippen LogP contribution >= 0.6 is 0 Å². The summed E-state index contributed by atoms with van der Waals surface area (Å²) in [4.78, 5) is 28.5. The molecular weight excluding hydrogens is 300 g/mol. The smallest absolute Gasteiger partial charge is 0.253 e. The van der Waals surface area contributed by atoms with Gasteiger partial charge in [0.1, 0.15) is 0 Å². The number of rotatable bonds is 3. The highest BCUT2D eigenvalue weighted by atomic mass is 16.2. The standard InChI is InChI=1S/C20H30N2O2/c1-15(2)14-18(23)21-10-12-22(13-11-21)19(24)16-6-8-17(9-7-16)20(3,4)5/h6-9,15H,10-14H2,1-5H3. The molecule has 0 unspecified atom stereocenters. The summed E-state index contributed by atoms with van der Waals surface area (Å²) in [7, 11) is 0. The number of hydrogen-bond acceptors (Lipinski definition) is 2. The molecule has 1 fully saturated rings. The van der Waals surface area contributed by atoms with Crippen LogP contribution in [0, 0.1) is 5.92 Å². The predicted molar refractivity (Wildman–Crippen MR) is 97.1 cm³/mol. The third-order valence-electron chi connectivity index (χ3n) is 4.50. The molecule has 24 heavy (non-hydrogen) atoms. The molecular formula is C20H30N2O2. The van der Waals surface area contributed by atoms with Crippen LogP contribution in [0.25, 0.3) is 0 Å². The minimum absolute atomic E-state index is 0.0615. The van der Waals surface area contributed by atoms with Crippen LogP contribution in [0.3, 0.4) is 0 Å². The molecule has 1 aromatic carbocycles. The van der Waals surface area contributed by atoms with Crippen LogP contribution < -0.4 is 0 Å². The number of carbonyl (C=O) groups excluding carboxylic acids is 2. The fraction of sp³-hybridized carbons (Fsp3) is 0.600. The molecule has 1 aromatic rings. The van der Waals surface area contributed by atoms with Crippen molar-refractivity contribution < 1.29 is 9.59 Å². The zero-order chi connectivity index (χ0) is 17.9. The van der Waals surface area contributed by atoms with E-state index in [9.17, 15) is 9.59 Å². The summed E-state index contributed by atoms with van der Waals surface area (Å²) >= 11 is 0. The quantitative estimate of drug-likeness (QED) is 0.853. The van der Waals surface area contributed by atoms with Gasteiger partial charge in [0.25, 0.3) is 5.91 Å². The lowest BCUT2D eigenvalue weighted by Crippen LogP contribution is -2.50. The van der Waals surface area contributed by atoms with E-state index in [2.05, 4.69) is 34.6 Å². The molecule has 1 heterocycles. The van der Waals surface area contributed by atoms with E-state index in [4.69, 9.17) is 0 Å². The Hall–Kier alpha value is -1.84.